The highest BCUT2D eigenvalue weighted by Crippen LogP contribution is 2.30. The summed E-state index contributed by atoms with van der Waals surface area (Å²) in [5, 5.41) is -0.184. The van der Waals surface area contributed by atoms with Crippen molar-refractivity contribution in [1.29, 1.82) is 0 Å². The van der Waals surface area contributed by atoms with Crippen LogP contribution in [0.2, 0.25) is 0 Å². The first kappa shape index (κ1) is 12.1. The molecule has 0 bridgehead atoms. The molecule has 0 aromatic rings. The summed E-state index contributed by atoms with van der Waals surface area (Å²) < 4.78 is 16.7. The quantitative estimate of drug-likeness (QED) is 0.677. The van der Waals surface area contributed by atoms with Crippen LogP contribution in [0.15, 0.2) is 0 Å². The van der Waals surface area contributed by atoms with E-state index < -0.39 is 9.28 Å². The average Bonchev–Trinajstić information content (AvgIpc) is 2.21. The molecule has 5 heteroatoms. The Morgan fingerprint density at radius 1 is 1.36 bits per heavy atom. The van der Waals surface area contributed by atoms with Gasteiger partial charge in [-0.15, -0.1) is 0 Å². The third-order valence-corrected chi connectivity index (χ3v) is 5.27. The Morgan fingerprint density at radius 2 is 2.07 bits per heavy atom. The zero-order valence-electron chi connectivity index (χ0n) is 9.12. The lowest BCUT2D eigenvalue weighted by atomic mass is 10.1. The van der Waals surface area contributed by atoms with Crippen molar-refractivity contribution in [3.8, 4) is 0 Å². The van der Waals surface area contributed by atoms with Gasteiger partial charge in [0.05, 0.1) is 0 Å². The highest BCUT2D eigenvalue weighted by Gasteiger charge is 2.43. The molecule has 14 heavy (non-hydrogen) atoms. The Balaban J connectivity index is 2.67. The van der Waals surface area contributed by atoms with Crippen LogP contribution in [0.5, 0.6) is 0 Å². The first-order chi connectivity index (χ1) is 6.79. The van der Waals surface area contributed by atoms with Gasteiger partial charge < -0.3 is 19.3 Å². The minimum atomic E-state index is -1.73. The Hall–Kier alpha value is 0.0569. The molecule has 0 saturated carbocycles. The van der Waals surface area contributed by atoms with E-state index in [4.69, 9.17) is 19.3 Å². The molecule has 1 rings (SSSR count). The van der Waals surface area contributed by atoms with Crippen molar-refractivity contribution in [2.75, 3.05) is 27.4 Å². The summed E-state index contributed by atoms with van der Waals surface area (Å²) in [6.45, 7) is 1.45. The van der Waals surface area contributed by atoms with Gasteiger partial charge in [0.2, 0.25) is 0 Å². The molecule has 0 aromatic heterocycles. The minimum Gasteiger partial charge on any atom is -0.398 e. The molecule has 0 amide bonds. The Kier molecular flexibility index (Phi) is 5.04. The maximum absolute atomic E-state index is 5.88. The lowest BCUT2D eigenvalue weighted by molar-refractivity contribution is -0.0501. The van der Waals surface area contributed by atoms with Crippen LogP contribution < -0.4 is 5.73 Å². The fraction of sp³-hybridized carbons (Fsp3) is 1.00. The van der Waals surface area contributed by atoms with Crippen molar-refractivity contribution < 1.29 is 13.6 Å². The number of ether oxygens (including phenoxy) is 1. The molecule has 1 unspecified atom stereocenters. The van der Waals surface area contributed by atoms with Crippen molar-refractivity contribution in [3.05, 3.63) is 0 Å². The molecule has 0 aromatic carbocycles. The van der Waals surface area contributed by atoms with Gasteiger partial charge in [-0.3, -0.25) is 0 Å². The summed E-state index contributed by atoms with van der Waals surface area (Å²) in [5.41, 5.74) is 5.62. The van der Waals surface area contributed by atoms with Gasteiger partial charge in [-0.25, -0.2) is 0 Å². The van der Waals surface area contributed by atoms with Gasteiger partial charge in [0.15, 0.2) is 0 Å². The topological polar surface area (TPSA) is 53.7 Å². The first-order valence-electron chi connectivity index (χ1n) is 5.18. The van der Waals surface area contributed by atoms with Crippen LogP contribution in [0.25, 0.3) is 0 Å². The summed E-state index contributed by atoms with van der Waals surface area (Å²) in [7, 11) is 1.68. The summed E-state index contributed by atoms with van der Waals surface area (Å²) in [6.07, 6.45) is 4.21. The van der Waals surface area contributed by atoms with Crippen molar-refractivity contribution in [3.63, 3.8) is 0 Å². The second-order valence-electron chi connectivity index (χ2n) is 3.71. The van der Waals surface area contributed by atoms with Gasteiger partial charge >= 0.3 is 9.28 Å². The van der Waals surface area contributed by atoms with Crippen LogP contribution in [-0.4, -0.2) is 41.9 Å². The van der Waals surface area contributed by atoms with Gasteiger partial charge in [-0.2, -0.15) is 0 Å². The molecule has 2 N–H and O–H groups in total. The van der Waals surface area contributed by atoms with Crippen molar-refractivity contribution in [2.24, 2.45) is 5.73 Å². The highest BCUT2D eigenvalue weighted by molar-refractivity contribution is 6.48. The van der Waals surface area contributed by atoms with Crippen LogP contribution in [-0.2, 0) is 13.6 Å². The molecular formula is C9H21NO3Si. The largest absolute Gasteiger partial charge is 0.398 e. The average molecular weight is 219 g/mol. The monoisotopic (exact) mass is 219 g/mol. The predicted octanol–water partition coefficient (Wildman–Crippen LogP) is 0.327. The number of hydrogen-bond acceptors (Lipinski definition) is 4. The molecule has 0 aliphatic carbocycles. The maximum Gasteiger partial charge on any atom is 0.354 e. The molecule has 0 spiro atoms. The Bertz CT molecular complexity index is 153. The molecule has 1 fully saturated rings. The Labute approximate surface area is 87.6 Å². The van der Waals surface area contributed by atoms with E-state index in [0.29, 0.717) is 6.54 Å². The van der Waals surface area contributed by atoms with E-state index in [1.54, 1.807) is 14.2 Å². The van der Waals surface area contributed by atoms with Crippen molar-refractivity contribution in [1.82, 2.24) is 0 Å². The van der Waals surface area contributed by atoms with Gasteiger partial charge in [0, 0.05) is 20.8 Å². The van der Waals surface area contributed by atoms with Gasteiger partial charge in [-0.05, 0) is 32.2 Å². The van der Waals surface area contributed by atoms with Gasteiger partial charge in [-0.1, -0.05) is 0 Å². The zero-order chi connectivity index (χ0) is 10.4. The smallest absolute Gasteiger partial charge is 0.354 e. The summed E-state index contributed by atoms with van der Waals surface area (Å²) in [5.74, 6) is 0. The zero-order valence-corrected chi connectivity index (χ0v) is 10.3. The molecule has 1 aliphatic heterocycles. The van der Waals surface area contributed by atoms with Crippen molar-refractivity contribution in [2.45, 2.75) is 30.9 Å². The molecule has 4 nitrogen and oxygen atoms in total. The van der Waals surface area contributed by atoms with Crippen LogP contribution >= 0.6 is 0 Å². The van der Waals surface area contributed by atoms with E-state index in [2.05, 4.69) is 0 Å². The summed E-state index contributed by atoms with van der Waals surface area (Å²) in [4.78, 5) is 0. The van der Waals surface area contributed by atoms with E-state index in [9.17, 15) is 0 Å². The first-order valence-corrected chi connectivity index (χ1v) is 6.70. The van der Waals surface area contributed by atoms with Gasteiger partial charge in [0.1, 0.15) is 5.22 Å². The van der Waals surface area contributed by atoms with Crippen LogP contribution in [0.3, 0.4) is 0 Å². The van der Waals surface area contributed by atoms with Crippen LogP contribution in [0.4, 0.5) is 0 Å². The van der Waals surface area contributed by atoms with E-state index in [1.807, 2.05) is 0 Å². The SMILES string of the molecule is CO[SiH](OC)C1(CCN)CCCCO1. The normalized spacial score (nSPS) is 28.3. The van der Waals surface area contributed by atoms with Crippen LogP contribution in [0.1, 0.15) is 25.7 Å². The van der Waals surface area contributed by atoms with E-state index in [0.717, 1.165) is 25.9 Å². The Morgan fingerprint density at radius 3 is 2.50 bits per heavy atom. The fourth-order valence-electron chi connectivity index (χ4n) is 2.14. The number of nitrogens with two attached hydrogens (primary N) is 1. The third kappa shape index (κ3) is 2.55. The standard InChI is InChI=1S/C9H21NO3Si/c1-11-14(12-2)9(6-7-10)5-3-4-8-13-9/h14H,3-8,10H2,1-2H3. The highest BCUT2D eigenvalue weighted by atomic mass is 28.3. The minimum absolute atomic E-state index is 0.184. The van der Waals surface area contributed by atoms with Gasteiger partial charge in [0.25, 0.3) is 0 Å². The number of rotatable bonds is 5. The maximum atomic E-state index is 5.88. The molecule has 1 aliphatic rings. The summed E-state index contributed by atoms with van der Waals surface area (Å²) >= 11 is 0. The van der Waals surface area contributed by atoms with Crippen LogP contribution in [0, 0.1) is 0 Å². The lowest BCUT2D eigenvalue weighted by Gasteiger charge is -2.40. The second-order valence-corrected chi connectivity index (χ2v) is 6.37. The van der Waals surface area contributed by atoms with E-state index in [1.165, 1.54) is 6.42 Å². The number of hydrogen-bond donors (Lipinski definition) is 1. The predicted molar refractivity (Wildman–Crippen MR) is 57.4 cm³/mol. The summed E-state index contributed by atoms with van der Waals surface area (Å²) in [6, 6.07) is 0. The second kappa shape index (κ2) is 5.82. The molecule has 1 heterocycles. The molecule has 1 saturated heterocycles. The molecule has 1 atom stereocenters. The van der Waals surface area contributed by atoms with E-state index >= 15 is 0 Å². The fourth-order valence-corrected chi connectivity index (χ4v) is 4.29. The van der Waals surface area contributed by atoms with E-state index in [-0.39, 0.29) is 5.22 Å². The lowest BCUT2D eigenvalue weighted by Crippen LogP contribution is -2.54. The molecular weight excluding hydrogens is 198 g/mol. The third-order valence-electron chi connectivity index (χ3n) is 2.81. The van der Waals surface area contributed by atoms with Crippen molar-refractivity contribution >= 4 is 9.28 Å². The molecule has 0 radical (unpaired) electrons. The molecule has 84 valence electrons.